The van der Waals surface area contributed by atoms with E-state index in [2.05, 4.69) is 5.32 Å². The standard InChI is InChI=1S/C32H34N4O4S/c1-32(2,3)36-31-28(29(34-36)21-12-8-6-9-13-21)30(24-18-23(39-4)16-17-25(24)40-5)41-20-27(38)35(31)19-26(37)33-22-14-10-7-11-15-22/h6-18,30H,19-20H2,1-5H3,(H,33,37)/t30-/m1/s1. The Morgan fingerprint density at radius 2 is 1.68 bits per heavy atom. The predicted molar refractivity (Wildman–Crippen MR) is 164 cm³/mol. The number of carbonyl (C=O) groups is 2. The zero-order valence-corrected chi connectivity index (χ0v) is 24.7. The molecule has 1 aliphatic heterocycles. The number of carbonyl (C=O) groups excluding carboxylic acids is 2. The fourth-order valence-electron chi connectivity index (χ4n) is 4.95. The number of fused-ring (bicyclic) bond motifs is 1. The van der Waals surface area contributed by atoms with Gasteiger partial charge in [-0.05, 0) is 51.1 Å². The molecule has 0 aliphatic carbocycles. The number of para-hydroxylation sites is 1. The zero-order chi connectivity index (χ0) is 29.1. The molecule has 5 rings (SSSR count). The molecular weight excluding hydrogens is 536 g/mol. The molecule has 9 heteroatoms. The van der Waals surface area contributed by atoms with Gasteiger partial charge in [-0.1, -0.05) is 48.5 Å². The van der Waals surface area contributed by atoms with Gasteiger partial charge in [0, 0.05) is 22.4 Å². The molecule has 0 saturated carbocycles. The monoisotopic (exact) mass is 570 g/mol. The number of nitrogens with one attached hydrogen (secondary N) is 1. The summed E-state index contributed by atoms with van der Waals surface area (Å²) in [5, 5.41) is 7.73. The summed E-state index contributed by atoms with van der Waals surface area (Å²) >= 11 is 1.49. The Labute approximate surface area is 244 Å². The molecule has 0 unspecified atom stereocenters. The summed E-state index contributed by atoms with van der Waals surface area (Å²) in [6.07, 6.45) is 0. The lowest BCUT2D eigenvalue weighted by molar-refractivity contribution is -0.120. The number of benzene rings is 3. The number of anilines is 2. The van der Waals surface area contributed by atoms with Gasteiger partial charge in [0.2, 0.25) is 11.8 Å². The molecular formula is C32H34N4O4S. The van der Waals surface area contributed by atoms with Crippen LogP contribution in [0.5, 0.6) is 11.5 Å². The summed E-state index contributed by atoms with van der Waals surface area (Å²) in [5.41, 5.74) is 3.56. The lowest BCUT2D eigenvalue weighted by Gasteiger charge is -2.29. The van der Waals surface area contributed by atoms with Crippen LogP contribution in [-0.2, 0) is 15.1 Å². The van der Waals surface area contributed by atoms with E-state index in [9.17, 15) is 9.59 Å². The van der Waals surface area contributed by atoms with Crippen LogP contribution in [0.15, 0.2) is 78.9 Å². The Kier molecular flexibility index (Phi) is 8.08. The lowest BCUT2D eigenvalue weighted by Crippen LogP contribution is -2.41. The van der Waals surface area contributed by atoms with Crippen LogP contribution in [0.2, 0.25) is 0 Å². The third kappa shape index (κ3) is 5.81. The minimum Gasteiger partial charge on any atom is -0.497 e. The topological polar surface area (TPSA) is 85.7 Å². The van der Waals surface area contributed by atoms with E-state index in [-0.39, 0.29) is 29.4 Å². The highest BCUT2D eigenvalue weighted by atomic mass is 32.2. The predicted octanol–water partition coefficient (Wildman–Crippen LogP) is 6.13. The highest BCUT2D eigenvalue weighted by Gasteiger charge is 2.40. The molecule has 1 aliphatic rings. The smallest absolute Gasteiger partial charge is 0.244 e. The van der Waals surface area contributed by atoms with Gasteiger partial charge in [0.25, 0.3) is 0 Å². The summed E-state index contributed by atoms with van der Waals surface area (Å²) in [7, 11) is 3.26. The Morgan fingerprint density at radius 3 is 2.32 bits per heavy atom. The molecule has 8 nitrogen and oxygen atoms in total. The second-order valence-corrected chi connectivity index (χ2v) is 11.8. The molecule has 4 aromatic rings. The van der Waals surface area contributed by atoms with E-state index in [0.717, 1.165) is 22.4 Å². The molecule has 0 saturated heterocycles. The van der Waals surface area contributed by atoms with E-state index in [0.29, 0.717) is 23.0 Å². The third-order valence-electron chi connectivity index (χ3n) is 6.85. The van der Waals surface area contributed by atoms with Gasteiger partial charge in [0.05, 0.1) is 36.5 Å². The minimum atomic E-state index is -0.496. The summed E-state index contributed by atoms with van der Waals surface area (Å²) in [6, 6.07) is 24.9. The van der Waals surface area contributed by atoms with Gasteiger partial charge in [-0.25, -0.2) is 4.68 Å². The quantitative estimate of drug-likeness (QED) is 0.288. The Bertz CT molecular complexity index is 1550. The normalized spacial score (nSPS) is 15.2. The molecule has 0 spiro atoms. The average Bonchev–Trinajstić information content (AvgIpc) is 3.31. The number of hydrogen-bond acceptors (Lipinski definition) is 6. The fraction of sp³-hybridized carbons (Fsp3) is 0.281. The van der Waals surface area contributed by atoms with Gasteiger partial charge < -0.3 is 14.8 Å². The molecule has 1 atom stereocenters. The summed E-state index contributed by atoms with van der Waals surface area (Å²) in [6.45, 7) is 5.97. The van der Waals surface area contributed by atoms with Gasteiger partial charge in [0.1, 0.15) is 23.9 Å². The summed E-state index contributed by atoms with van der Waals surface area (Å²) < 4.78 is 13.3. The van der Waals surface area contributed by atoms with E-state index < -0.39 is 5.54 Å². The van der Waals surface area contributed by atoms with E-state index >= 15 is 0 Å². The van der Waals surface area contributed by atoms with Crippen LogP contribution in [0, 0.1) is 0 Å². The first-order valence-electron chi connectivity index (χ1n) is 13.4. The maximum atomic E-state index is 13.9. The molecule has 0 radical (unpaired) electrons. The Hall–Kier alpha value is -4.24. The first-order valence-corrected chi connectivity index (χ1v) is 14.4. The van der Waals surface area contributed by atoms with Gasteiger partial charge in [-0.3, -0.25) is 14.5 Å². The van der Waals surface area contributed by atoms with Gasteiger partial charge in [0.15, 0.2) is 0 Å². The Morgan fingerprint density at radius 1 is 1.00 bits per heavy atom. The average molecular weight is 571 g/mol. The highest BCUT2D eigenvalue weighted by molar-refractivity contribution is 8.00. The molecule has 1 N–H and O–H groups in total. The second kappa shape index (κ2) is 11.7. The van der Waals surface area contributed by atoms with Crippen molar-refractivity contribution in [2.45, 2.75) is 31.6 Å². The van der Waals surface area contributed by atoms with Crippen LogP contribution in [0.25, 0.3) is 11.3 Å². The lowest BCUT2D eigenvalue weighted by atomic mass is 9.98. The molecule has 3 aromatic carbocycles. The van der Waals surface area contributed by atoms with Crippen LogP contribution >= 0.6 is 11.8 Å². The van der Waals surface area contributed by atoms with Crippen molar-refractivity contribution in [2.75, 3.05) is 36.7 Å². The summed E-state index contributed by atoms with van der Waals surface area (Å²) in [4.78, 5) is 28.8. The maximum absolute atomic E-state index is 13.9. The SMILES string of the molecule is COc1ccc(OC)c([C@H]2SCC(=O)N(CC(=O)Nc3ccccc3)c3c2c(-c2ccccc2)nn3C(C)(C)C)c1. The molecule has 1 aromatic heterocycles. The van der Waals surface area contributed by atoms with Crippen LogP contribution < -0.4 is 19.7 Å². The number of methoxy groups -OCH3 is 2. The van der Waals surface area contributed by atoms with Crippen molar-refractivity contribution in [1.29, 1.82) is 0 Å². The van der Waals surface area contributed by atoms with Crippen molar-refractivity contribution < 1.29 is 19.1 Å². The maximum Gasteiger partial charge on any atom is 0.244 e. The first-order chi connectivity index (χ1) is 19.7. The first kappa shape index (κ1) is 28.3. The Balaban J connectivity index is 1.74. The minimum absolute atomic E-state index is 0.154. The number of rotatable bonds is 7. The fourth-order valence-corrected chi connectivity index (χ4v) is 6.16. The van der Waals surface area contributed by atoms with Crippen molar-refractivity contribution in [3.63, 3.8) is 0 Å². The van der Waals surface area contributed by atoms with Crippen molar-refractivity contribution in [1.82, 2.24) is 9.78 Å². The number of aromatic nitrogens is 2. The van der Waals surface area contributed by atoms with Crippen molar-refractivity contribution in [3.05, 3.63) is 90.0 Å². The van der Waals surface area contributed by atoms with Crippen LogP contribution in [0.1, 0.15) is 37.1 Å². The second-order valence-electron chi connectivity index (χ2n) is 10.7. The van der Waals surface area contributed by atoms with E-state index in [1.54, 1.807) is 19.1 Å². The molecule has 2 heterocycles. The largest absolute Gasteiger partial charge is 0.497 e. The molecule has 212 valence electrons. The van der Waals surface area contributed by atoms with Crippen LogP contribution in [-0.4, -0.2) is 48.1 Å². The summed E-state index contributed by atoms with van der Waals surface area (Å²) in [5.74, 6) is 1.66. The molecule has 0 fully saturated rings. The highest BCUT2D eigenvalue weighted by Crippen LogP contribution is 2.51. The van der Waals surface area contributed by atoms with E-state index in [1.165, 1.54) is 11.8 Å². The number of amides is 2. The molecule has 2 amide bonds. The zero-order valence-electron chi connectivity index (χ0n) is 23.9. The number of hydrogen-bond donors (Lipinski definition) is 1. The van der Waals surface area contributed by atoms with Gasteiger partial charge in [-0.2, -0.15) is 5.10 Å². The third-order valence-corrected chi connectivity index (χ3v) is 8.09. The van der Waals surface area contributed by atoms with E-state index in [4.69, 9.17) is 14.6 Å². The van der Waals surface area contributed by atoms with E-state index in [1.807, 2.05) is 104 Å². The molecule has 41 heavy (non-hydrogen) atoms. The van der Waals surface area contributed by atoms with Crippen molar-refractivity contribution in [2.24, 2.45) is 0 Å². The van der Waals surface area contributed by atoms with Crippen molar-refractivity contribution in [3.8, 4) is 22.8 Å². The van der Waals surface area contributed by atoms with Gasteiger partial charge >= 0.3 is 0 Å². The van der Waals surface area contributed by atoms with Crippen LogP contribution in [0.4, 0.5) is 11.5 Å². The van der Waals surface area contributed by atoms with Gasteiger partial charge in [-0.15, -0.1) is 11.8 Å². The number of nitrogens with zero attached hydrogens (tertiary/aromatic N) is 3. The number of thioether (sulfide) groups is 1. The van der Waals surface area contributed by atoms with Crippen molar-refractivity contribution >= 4 is 35.1 Å². The van der Waals surface area contributed by atoms with Crippen LogP contribution in [0.3, 0.4) is 0 Å². The number of ether oxygens (including phenoxy) is 2. The molecule has 0 bridgehead atoms.